The second kappa shape index (κ2) is 10.2. The number of ether oxygens (including phenoxy) is 1. The fourth-order valence-corrected chi connectivity index (χ4v) is 3.10. The van der Waals surface area contributed by atoms with Gasteiger partial charge in [-0.1, -0.05) is 13.8 Å². The van der Waals surface area contributed by atoms with Crippen molar-refractivity contribution < 1.29 is 14.3 Å². The lowest BCUT2D eigenvalue weighted by atomic mass is 10.0. The Bertz CT molecular complexity index is 580. The standard InChI is InChI=1S/C20H31N3O3/c1-4-26-17-7-5-16(6-8-17)19(24)23-18(14(2)3)20(25)22-12-10-15-9-11-21-13-15/h5-8,14-15,18,21H,4,9-13H2,1-3H3,(H,22,25)(H,23,24). The van der Waals surface area contributed by atoms with E-state index >= 15 is 0 Å². The van der Waals surface area contributed by atoms with Crippen LogP contribution in [0.15, 0.2) is 24.3 Å². The Balaban J connectivity index is 1.86. The Morgan fingerprint density at radius 3 is 2.58 bits per heavy atom. The first-order valence-corrected chi connectivity index (χ1v) is 9.53. The summed E-state index contributed by atoms with van der Waals surface area (Å²) in [5.41, 5.74) is 0.518. The van der Waals surface area contributed by atoms with Gasteiger partial charge in [0.2, 0.25) is 5.91 Å². The molecule has 0 aliphatic carbocycles. The highest BCUT2D eigenvalue weighted by Gasteiger charge is 2.25. The summed E-state index contributed by atoms with van der Waals surface area (Å²) in [7, 11) is 0. The van der Waals surface area contributed by atoms with E-state index in [1.165, 1.54) is 0 Å². The van der Waals surface area contributed by atoms with Gasteiger partial charge in [0.15, 0.2) is 0 Å². The minimum absolute atomic E-state index is 0.00907. The number of carbonyl (C=O) groups is 2. The first-order valence-electron chi connectivity index (χ1n) is 9.53. The maximum absolute atomic E-state index is 12.5. The molecule has 0 saturated carbocycles. The Morgan fingerprint density at radius 1 is 1.27 bits per heavy atom. The molecule has 1 saturated heterocycles. The van der Waals surface area contributed by atoms with E-state index in [9.17, 15) is 9.59 Å². The van der Waals surface area contributed by atoms with Crippen molar-refractivity contribution >= 4 is 11.8 Å². The minimum Gasteiger partial charge on any atom is -0.494 e. The van der Waals surface area contributed by atoms with Gasteiger partial charge in [0.05, 0.1) is 6.61 Å². The first kappa shape index (κ1) is 20.2. The molecule has 144 valence electrons. The highest BCUT2D eigenvalue weighted by Crippen LogP contribution is 2.13. The second-order valence-corrected chi connectivity index (χ2v) is 7.09. The molecule has 0 bridgehead atoms. The third-order valence-electron chi connectivity index (χ3n) is 4.68. The third kappa shape index (κ3) is 6.02. The van der Waals surface area contributed by atoms with Gasteiger partial charge in [0.1, 0.15) is 11.8 Å². The topological polar surface area (TPSA) is 79.5 Å². The Kier molecular flexibility index (Phi) is 7.91. The van der Waals surface area contributed by atoms with Gasteiger partial charge in [-0.3, -0.25) is 9.59 Å². The lowest BCUT2D eigenvalue weighted by Crippen LogP contribution is -2.50. The molecule has 6 nitrogen and oxygen atoms in total. The highest BCUT2D eigenvalue weighted by atomic mass is 16.5. The molecular formula is C20H31N3O3. The normalized spacial score (nSPS) is 17.8. The Hall–Kier alpha value is -2.08. The van der Waals surface area contributed by atoms with Crippen LogP contribution in [-0.4, -0.2) is 44.1 Å². The van der Waals surface area contributed by atoms with Crippen molar-refractivity contribution in [3.63, 3.8) is 0 Å². The molecule has 1 aliphatic heterocycles. The molecule has 6 heteroatoms. The zero-order valence-corrected chi connectivity index (χ0v) is 16.0. The molecule has 26 heavy (non-hydrogen) atoms. The average Bonchev–Trinajstić information content (AvgIpc) is 3.13. The van der Waals surface area contributed by atoms with Crippen molar-refractivity contribution in [2.75, 3.05) is 26.2 Å². The summed E-state index contributed by atoms with van der Waals surface area (Å²) < 4.78 is 5.38. The van der Waals surface area contributed by atoms with Crippen LogP contribution in [0.5, 0.6) is 5.75 Å². The molecule has 2 rings (SSSR count). The molecule has 1 fully saturated rings. The van der Waals surface area contributed by atoms with Crippen LogP contribution in [0.2, 0.25) is 0 Å². The molecule has 1 aromatic rings. The van der Waals surface area contributed by atoms with E-state index in [2.05, 4.69) is 16.0 Å². The Labute approximate surface area is 156 Å². The first-order chi connectivity index (χ1) is 12.5. The zero-order chi connectivity index (χ0) is 18.9. The molecule has 1 aliphatic rings. The number of amides is 2. The van der Waals surface area contributed by atoms with Crippen LogP contribution < -0.4 is 20.7 Å². The molecule has 0 aromatic heterocycles. The lowest BCUT2D eigenvalue weighted by molar-refractivity contribution is -0.123. The van der Waals surface area contributed by atoms with E-state index in [1.54, 1.807) is 24.3 Å². The van der Waals surface area contributed by atoms with Gasteiger partial charge in [0, 0.05) is 12.1 Å². The number of benzene rings is 1. The minimum atomic E-state index is -0.546. The van der Waals surface area contributed by atoms with E-state index < -0.39 is 6.04 Å². The largest absolute Gasteiger partial charge is 0.494 e. The van der Waals surface area contributed by atoms with Gasteiger partial charge < -0.3 is 20.7 Å². The van der Waals surface area contributed by atoms with Gasteiger partial charge in [-0.2, -0.15) is 0 Å². The van der Waals surface area contributed by atoms with Crippen LogP contribution in [-0.2, 0) is 4.79 Å². The fraction of sp³-hybridized carbons (Fsp3) is 0.600. The summed E-state index contributed by atoms with van der Waals surface area (Å²) in [6, 6.07) is 6.40. The van der Waals surface area contributed by atoms with E-state index in [1.807, 2.05) is 20.8 Å². The van der Waals surface area contributed by atoms with E-state index in [-0.39, 0.29) is 17.7 Å². The van der Waals surface area contributed by atoms with Crippen LogP contribution >= 0.6 is 0 Å². The van der Waals surface area contributed by atoms with Crippen LogP contribution in [0.4, 0.5) is 0 Å². The number of hydrogen-bond acceptors (Lipinski definition) is 4. The van der Waals surface area contributed by atoms with Gasteiger partial charge in [0.25, 0.3) is 5.91 Å². The van der Waals surface area contributed by atoms with Crippen molar-refractivity contribution in [1.29, 1.82) is 0 Å². The predicted molar refractivity (Wildman–Crippen MR) is 102 cm³/mol. The summed E-state index contributed by atoms with van der Waals surface area (Å²) in [5, 5.41) is 9.16. The van der Waals surface area contributed by atoms with Crippen LogP contribution in [0, 0.1) is 11.8 Å². The van der Waals surface area contributed by atoms with Crippen molar-refractivity contribution in [2.24, 2.45) is 11.8 Å². The smallest absolute Gasteiger partial charge is 0.251 e. The number of carbonyl (C=O) groups excluding carboxylic acids is 2. The lowest BCUT2D eigenvalue weighted by Gasteiger charge is -2.22. The third-order valence-corrected chi connectivity index (χ3v) is 4.68. The fourth-order valence-electron chi connectivity index (χ4n) is 3.10. The molecule has 0 spiro atoms. The second-order valence-electron chi connectivity index (χ2n) is 7.09. The maximum atomic E-state index is 12.5. The summed E-state index contributed by atoms with van der Waals surface area (Å²) in [6.45, 7) is 9.09. The number of hydrogen-bond donors (Lipinski definition) is 3. The summed E-state index contributed by atoms with van der Waals surface area (Å²) in [5.74, 6) is 0.997. The van der Waals surface area contributed by atoms with Gasteiger partial charge >= 0.3 is 0 Å². The molecule has 1 heterocycles. The quantitative estimate of drug-likeness (QED) is 0.628. The van der Waals surface area contributed by atoms with E-state index in [0.717, 1.165) is 31.7 Å². The molecule has 2 atom stereocenters. The Morgan fingerprint density at radius 2 is 2.00 bits per heavy atom. The molecular weight excluding hydrogens is 330 g/mol. The van der Waals surface area contributed by atoms with E-state index in [0.29, 0.717) is 24.6 Å². The number of nitrogens with one attached hydrogen (secondary N) is 3. The summed E-state index contributed by atoms with van der Waals surface area (Å²) in [4.78, 5) is 25.0. The molecule has 2 unspecified atom stereocenters. The monoisotopic (exact) mass is 361 g/mol. The van der Waals surface area contributed by atoms with Crippen molar-refractivity contribution in [3.8, 4) is 5.75 Å². The van der Waals surface area contributed by atoms with Crippen molar-refractivity contribution in [3.05, 3.63) is 29.8 Å². The van der Waals surface area contributed by atoms with Crippen LogP contribution in [0.25, 0.3) is 0 Å². The van der Waals surface area contributed by atoms with Gasteiger partial charge in [-0.25, -0.2) is 0 Å². The zero-order valence-electron chi connectivity index (χ0n) is 16.0. The van der Waals surface area contributed by atoms with Crippen molar-refractivity contribution in [2.45, 2.75) is 39.7 Å². The van der Waals surface area contributed by atoms with Gasteiger partial charge in [-0.05, 0) is 69.0 Å². The van der Waals surface area contributed by atoms with Crippen LogP contribution in [0.3, 0.4) is 0 Å². The average molecular weight is 361 g/mol. The molecule has 3 N–H and O–H groups in total. The molecule has 2 amide bonds. The maximum Gasteiger partial charge on any atom is 0.251 e. The van der Waals surface area contributed by atoms with Crippen molar-refractivity contribution in [1.82, 2.24) is 16.0 Å². The van der Waals surface area contributed by atoms with Crippen LogP contribution in [0.1, 0.15) is 44.0 Å². The summed E-state index contributed by atoms with van der Waals surface area (Å²) >= 11 is 0. The molecule has 0 radical (unpaired) electrons. The van der Waals surface area contributed by atoms with Gasteiger partial charge in [-0.15, -0.1) is 0 Å². The highest BCUT2D eigenvalue weighted by molar-refractivity contribution is 5.97. The summed E-state index contributed by atoms with van der Waals surface area (Å²) in [6.07, 6.45) is 2.13. The molecule has 1 aromatic carbocycles. The van der Waals surface area contributed by atoms with E-state index in [4.69, 9.17) is 4.74 Å². The SMILES string of the molecule is CCOc1ccc(C(=O)NC(C(=O)NCCC2CCNC2)C(C)C)cc1. The predicted octanol–water partition coefficient (Wildman–Crippen LogP) is 1.96. The number of rotatable bonds is 9.